The molecule has 0 amide bonds. The van der Waals surface area contributed by atoms with E-state index in [4.69, 9.17) is 0 Å². The van der Waals surface area contributed by atoms with Gasteiger partial charge in [0.05, 0.1) is 0 Å². The minimum Gasteiger partial charge on any atom is -0.207 e. The van der Waals surface area contributed by atoms with E-state index in [0.717, 1.165) is 4.68 Å². The van der Waals surface area contributed by atoms with Crippen LogP contribution in [0, 0.1) is 17.6 Å². The van der Waals surface area contributed by atoms with Crippen molar-refractivity contribution in [3.8, 4) is 0 Å². The first-order valence-corrected chi connectivity index (χ1v) is 5.60. The van der Waals surface area contributed by atoms with E-state index in [-0.39, 0.29) is 12.2 Å². The van der Waals surface area contributed by atoms with E-state index >= 15 is 0 Å². The fraction of sp³-hybridized carbons (Fsp3) is 0.250. The van der Waals surface area contributed by atoms with Gasteiger partial charge in [0, 0.05) is 12.5 Å². The highest BCUT2D eigenvalue weighted by Crippen LogP contribution is 2.35. The SMILES string of the molecule is Cc1c(N=O)c(C(F)(F)F)[nH][n+]1Cc1ccc(F)cc1. The Balaban J connectivity index is 2.40. The van der Waals surface area contributed by atoms with Crippen molar-refractivity contribution in [2.45, 2.75) is 19.6 Å². The van der Waals surface area contributed by atoms with Crippen LogP contribution in [0.5, 0.6) is 0 Å². The van der Waals surface area contributed by atoms with Crippen molar-refractivity contribution in [3.63, 3.8) is 0 Å². The molecule has 0 saturated heterocycles. The zero-order valence-electron chi connectivity index (χ0n) is 10.3. The highest BCUT2D eigenvalue weighted by molar-refractivity contribution is 5.45. The zero-order valence-corrected chi connectivity index (χ0v) is 10.3. The topological polar surface area (TPSA) is 49.1 Å². The van der Waals surface area contributed by atoms with Gasteiger partial charge < -0.3 is 0 Å². The normalized spacial score (nSPS) is 11.7. The van der Waals surface area contributed by atoms with Crippen molar-refractivity contribution in [1.29, 1.82) is 0 Å². The van der Waals surface area contributed by atoms with Gasteiger partial charge in [-0.05, 0) is 29.4 Å². The number of aromatic amines is 1. The van der Waals surface area contributed by atoms with Crippen molar-refractivity contribution in [3.05, 3.63) is 51.9 Å². The van der Waals surface area contributed by atoms with E-state index < -0.39 is 23.4 Å². The molecule has 0 unspecified atom stereocenters. The van der Waals surface area contributed by atoms with E-state index in [9.17, 15) is 22.5 Å². The van der Waals surface area contributed by atoms with Gasteiger partial charge in [-0.25, -0.2) is 4.39 Å². The minimum atomic E-state index is -4.69. The molecule has 0 aliphatic carbocycles. The lowest BCUT2D eigenvalue weighted by molar-refractivity contribution is -0.748. The summed E-state index contributed by atoms with van der Waals surface area (Å²) in [7, 11) is 0. The Morgan fingerprint density at radius 2 is 1.85 bits per heavy atom. The summed E-state index contributed by atoms with van der Waals surface area (Å²) in [6.45, 7) is 1.40. The molecule has 1 aromatic carbocycles. The predicted molar refractivity (Wildman–Crippen MR) is 61.7 cm³/mol. The van der Waals surface area contributed by atoms with Crippen LogP contribution in [-0.2, 0) is 12.7 Å². The molecule has 2 rings (SSSR count). The van der Waals surface area contributed by atoms with Crippen LogP contribution in [-0.4, -0.2) is 5.10 Å². The number of H-pyrrole nitrogens is 1. The molecule has 0 fully saturated rings. The fourth-order valence-corrected chi connectivity index (χ4v) is 1.82. The maximum absolute atomic E-state index is 12.8. The third-order valence-corrected chi connectivity index (χ3v) is 2.86. The Kier molecular flexibility index (Phi) is 3.56. The molecule has 4 nitrogen and oxygen atoms in total. The molecule has 2 aromatic rings. The molecule has 8 heteroatoms. The van der Waals surface area contributed by atoms with E-state index in [1.54, 1.807) is 0 Å². The molecular formula is C12H10F4N3O+. The molecule has 1 aromatic heterocycles. The number of nitrogens with one attached hydrogen (secondary N) is 1. The second-order valence-electron chi connectivity index (χ2n) is 4.22. The highest BCUT2D eigenvalue weighted by atomic mass is 19.4. The lowest BCUT2D eigenvalue weighted by Crippen LogP contribution is -2.39. The largest absolute Gasteiger partial charge is 0.439 e. The minimum absolute atomic E-state index is 0.0463. The molecule has 106 valence electrons. The quantitative estimate of drug-likeness (QED) is 0.526. The maximum atomic E-state index is 12.8. The molecule has 0 aliphatic rings. The van der Waals surface area contributed by atoms with Crippen LogP contribution < -0.4 is 4.68 Å². The van der Waals surface area contributed by atoms with Gasteiger partial charge in [0.15, 0.2) is 6.54 Å². The summed E-state index contributed by atoms with van der Waals surface area (Å²) in [5.74, 6) is -0.437. The molecule has 1 N–H and O–H groups in total. The Bertz CT molecular complexity index is 631. The van der Waals surface area contributed by atoms with Crippen LogP contribution >= 0.6 is 0 Å². The van der Waals surface area contributed by atoms with Gasteiger partial charge in [-0.3, -0.25) is 0 Å². The molecule has 0 spiro atoms. The van der Waals surface area contributed by atoms with Gasteiger partial charge >= 0.3 is 6.18 Å². The monoisotopic (exact) mass is 288 g/mol. The van der Waals surface area contributed by atoms with Crippen LogP contribution in [0.2, 0.25) is 0 Å². The van der Waals surface area contributed by atoms with Crippen molar-refractivity contribution >= 4 is 5.69 Å². The Labute approximate surface area is 111 Å². The van der Waals surface area contributed by atoms with Crippen LogP contribution in [0.3, 0.4) is 0 Å². The number of nitrogens with zero attached hydrogens (tertiary/aromatic N) is 2. The molecule has 0 atom stereocenters. The third-order valence-electron chi connectivity index (χ3n) is 2.86. The highest BCUT2D eigenvalue weighted by Gasteiger charge is 2.42. The summed E-state index contributed by atoms with van der Waals surface area (Å²) in [6, 6.07) is 5.31. The fourth-order valence-electron chi connectivity index (χ4n) is 1.82. The van der Waals surface area contributed by atoms with E-state index in [0.29, 0.717) is 5.56 Å². The summed E-state index contributed by atoms with van der Waals surface area (Å²) >= 11 is 0. The van der Waals surface area contributed by atoms with Gasteiger partial charge in [0.25, 0.3) is 0 Å². The lowest BCUT2D eigenvalue weighted by Gasteiger charge is -2.00. The summed E-state index contributed by atoms with van der Waals surface area (Å²) in [6.07, 6.45) is -4.69. The number of alkyl halides is 3. The first kappa shape index (κ1) is 14.2. The molecule has 0 aliphatic heterocycles. The summed E-state index contributed by atoms with van der Waals surface area (Å²) in [5, 5.41) is 4.54. The Morgan fingerprint density at radius 3 is 2.30 bits per heavy atom. The van der Waals surface area contributed by atoms with Crippen molar-refractivity contribution < 1.29 is 22.2 Å². The Hall–Kier alpha value is -2.25. The lowest BCUT2D eigenvalue weighted by atomic mass is 10.2. The van der Waals surface area contributed by atoms with Gasteiger partial charge in [-0.15, -0.1) is 9.59 Å². The maximum Gasteiger partial charge on any atom is 0.439 e. The van der Waals surface area contributed by atoms with Crippen molar-refractivity contribution in [2.75, 3.05) is 0 Å². The van der Waals surface area contributed by atoms with Crippen molar-refractivity contribution in [1.82, 2.24) is 5.10 Å². The van der Waals surface area contributed by atoms with Gasteiger partial charge in [-0.1, -0.05) is 0 Å². The number of benzene rings is 1. The van der Waals surface area contributed by atoms with Gasteiger partial charge in [-0.2, -0.15) is 18.3 Å². The zero-order chi connectivity index (χ0) is 14.9. The van der Waals surface area contributed by atoms with E-state index in [2.05, 4.69) is 10.3 Å². The first-order valence-electron chi connectivity index (χ1n) is 5.60. The van der Waals surface area contributed by atoms with E-state index in [1.165, 1.54) is 31.2 Å². The second kappa shape index (κ2) is 5.03. The standard InChI is InChI=1S/C12H9F4N3O/c1-7-10(18-20)11(12(14,15)16)17-19(7)6-8-2-4-9(13)5-3-8/h2-5H,6H2,1H3/p+1. The summed E-state index contributed by atoms with van der Waals surface area (Å²) in [4.78, 5) is 10.6. The number of nitroso groups, excluding NO2 is 1. The smallest absolute Gasteiger partial charge is 0.207 e. The Morgan fingerprint density at radius 1 is 1.25 bits per heavy atom. The van der Waals surface area contributed by atoms with Crippen LogP contribution in [0.25, 0.3) is 0 Å². The van der Waals surface area contributed by atoms with Gasteiger partial charge in [0.1, 0.15) is 5.82 Å². The number of rotatable bonds is 3. The first-order chi connectivity index (χ1) is 9.32. The average molecular weight is 288 g/mol. The predicted octanol–water partition coefficient (Wildman–Crippen LogP) is 3.21. The molecule has 0 bridgehead atoms. The summed E-state index contributed by atoms with van der Waals surface area (Å²) in [5.41, 5.74) is -1.20. The van der Waals surface area contributed by atoms with Crippen LogP contribution in [0.15, 0.2) is 29.4 Å². The average Bonchev–Trinajstić information content (AvgIpc) is 2.69. The van der Waals surface area contributed by atoms with Gasteiger partial charge in [0.2, 0.25) is 17.1 Å². The molecule has 0 radical (unpaired) electrons. The van der Waals surface area contributed by atoms with E-state index in [1.807, 2.05) is 0 Å². The summed E-state index contributed by atoms with van der Waals surface area (Å²) < 4.78 is 52.1. The second-order valence-corrected chi connectivity index (χ2v) is 4.22. The molecule has 1 heterocycles. The number of hydrogen-bond acceptors (Lipinski definition) is 2. The number of halogens is 4. The molecule has 0 saturated carbocycles. The number of aromatic nitrogens is 2. The molecular weight excluding hydrogens is 278 g/mol. The van der Waals surface area contributed by atoms with Crippen LogP contribution in [0.1, 0.15) is 17.0 Å². The number of hydrogen-bond donors (Lipinski definition) is 1. The third kappa shape index (κ3) is 2.68. The van der Waals surface area contributed by atoms with Crippen LogP contribution in [0.4, 0.5) is 23.2 Å². The van der Waals surface area contributed by atoms with Crippen molar-refractivity contribution in [2.24, 2.45) is 5.18 Å². The molecule has 20 heavy (non-hydrogen) atoms.